The largest absolute Gasteiger partial charge is 0.307 e. The molecule has 0 aliphatic carbocycles. The van der Waals surface area contributed by atoms with Gasteiger partial charge in [0.05, 0.1) is 0 Å². The Balaban J connectivity index is 2.43. The summed E-state index contributed by atoms with van der Waals surface area (Å²) < 4.78 is 0. The first-order valence-corrected chi connectivity index (χ1v) is 5.29. The molecule has 0 unspecified atom stereocenters. The van der Waals surface area contributed by atoms with Gasteiger partial charge in [0.2, 0.25) is 0 Å². The van der Waals surface area contributed by atoms with E-state index in [1.54, 1.807) is 0 Å². The third kappa shape index (κ3) is 3.93. The first kappa shape index (κ1) is 11.3. The first-order chi connectivity index (χ1) is 6.58. The van der Waals surface area contributed by atoms with Crippen LogP contribution < -0.4 is 5.32 Å². The van der Waals surface area contributed by atoms with E-state index in [-0.39, 0.29) is 0 Å². The Kier molecular flexibility index (Phi) is 4.15. The van der Waals surface area contributed by atoms with Crippen LogP contribution in [0.1, 0.15) is 33.1 Å². The van der Waals surface area contributed by atoms with E-state index < -0.39 is 0 Å². The molecule has 1 N–H and O–H groups in total. The minimum atomic E-state index is 0.477. The van der Waals surface area contributed by atoms with E-state index >= 15 is 0 Å². The number of rotatable bonds is 4. The van der Waals surface area contributed by atoms with Gasteiger partial charge < -0.3 is 5.32 Å². The molecule has 0 aromatic heterocycles. The van der Waals surface area contributed by atoms with Gasteiger partial charge in [0.15, 0.2) is 0 Å². The number of hydrogen-bond donors (Lipinski definition) is 1. The lowest BCUT2D eigenvalue weighted by Crippen LogP contribution is -2.39. The highest BCUT2D eigenvalue weighted by molar-refractivity contribution is 5.09. The van der Waals surface area contributed by atoms with Crippen molar-refractivity contribution >= 4 is 0 Å². The van der Waals surface area contributed by atoms with Crippen molar-refractivity contribution in [3.8, 4) is 0 Å². The highest BCUT2D eigenvalue weighted by atomic mass is 14.9. The summed E-state index contributed by atoms with van der Waals surface area (Å²) in [5.74, 6) is 0. The van der Waals surface area contributed by atoms with Crippen molar-refractivity contribution in [2.24, 2.45) is 0 Å². The normalized spacial score (nSPS) is 26.1. The summed E-state index contributed by atoms with van der Waals surface area (Å²) >= 11 is 0. The van der Waals surface area contributed by atoms with Crippen LogP contribution in [-0.4, -0.2) is 12.1 Å². The minimum absolute atomic E-state index is 0.477. The molecule has 14 heavy (non-hydrogen) atoms. The van der Waals surface area contributed by atoms with Gasteiger partial charge in [-0.3, -0.25) is 0 Å². The van der Waals surface area contributed by atoms with Crippen LogP contribution in [0.5, 0.6) is 0 Å². The van der Waals surface area contributed by atoms with E-state index in [2.05, 4.69) is 44.5 Å². The SMILES string of the molecule is C=C(C)C[C@@H]1CC=C[C@H](CC(=C)C)N1. The van der Waals surface area contributed by atoms with Crippen molar-refractivity contribution in [2.75, 3.05) is 0 Å². The molecule has 1 rings (SSSR count). The topological polar surface area (TPSA) is 12.0 Å². The average molecular weight is 191 g/mol. The van der Waals surface area contributed by atoms with Crippen molar-refractivity contribution in [1.29, 1.82) is 0 Å². The molecule has 0 aromatic rings. The second kappa shape index (κ2) is 5.16. The lowest BCUT2D eigenvalue weighted by Gasteiger charge is -2.27. The second-order valence-electron chi connectivity index (χ2n) is 4.46. The maximum absolute atomic E-state index is 3.95. The lowest BCUT2D eigenvalue weighted by atomic mass is 9.97. The molecule has 0 radical (unpaired) electrons. The van der Waals surface area contributed by atoms with E-state index in [0.29, 0.717) is 12.1 Å². The monoisotopic (exact) mass is 191 g/mol. The zero-order chi connectivity index (χ0) is 10.6. The van der Waals surface area contributed by atoms with Crippen molar-refractivity contribution in [3.05, 3.63) is 36.5 Å². The molecule has 1 nitrogen and oxygen atoms in total. The summed E-state index contributed by atoms with van der Waals surface area (Å²) in [5.41, 5.74) is 2.50. The van der Waals surface area contributed by atoms with Gasteiger partial charge >= 0.3 is 0 Å². The maximum atomic E-state index is 3.95. The van der Waals surface area contributed by atoms with Gasteiger partial charge in [0.1, 0.15) is 0 Å². The zero-order valence-electron chi connectivity index (χ0n) is 9.34. The van der Waals surface area contributed by atoms with Crippen LogP contribution in [0.15, 0.2) is 36.5 Å². The predicted molar refractivity (Wildman–Crippen MR) is 63.3 cm³/mol. The van der Waals surface area contributed by atoms with E-state index in [0.717, 1.165) is 19.3 Å². The molecule has 0 saturated carbocycles. The molecular weight excluding hydrogens is 170 g/mol. The molecule has 1 aliphatic heterocycles. The van der Waals surface area contributed by atoms with Crippen LogP contribution in [0.25, 0.3) is 0 Å². The minimum Gasteiger partial charge on any atom is -0.307 e. The molecule has 0 saturated heterocycles. The summed E-state index contributed by atoms with van der Waals surface area (Å²) in [6.07, 6.45) is 7.78. The van der Waals surface area contributed by atoms with E-state index in [1.165, 1.54) is 11.1 Å². The molecule has 0 amide bonds. The molecule has 2 atom stereocenters. The molecule has 0 bridgehead atoms. The van der Waals surface area contributed by atoms with Crippen molar-refractivity contribution in [1.82, 2.24) is 5.32 Å². The van der Waals surface area contributed by atoms with Crippen LogP contribution >= 0.6 is 0 Å². The van der Waals surface area contributed by atoms with Crippen molar-refractivity contribution < 1.29 is 0 Å². The van der Waals surface area contributed by atoms with Gasteiger partial charge in [-0.15, -0.1) is 13.2 Å². The number of nitrogens with one attached hydrogen (secondary N) is 1. The molecule has 1 heteroatoms. The predicted octanol–water partition coefficient (Wildman–Crippen LogP) is 3.21. The molecule has 1 heterocycles. The lowest BCUT2D eigenvalue weighted by molar-refractivity contribution is 0.445. The van der Waals surface area contributed by atoms with Gasteiger partial charge in [0, 0.05) is 12.1 Å². The smallest absolute Gasteiger partial charge is 0.0289 e. The van der Waals surface area contributed by atoms with Crippen molar-refractivity contribution in [3.63, 3.8) is 0 Å². The molecule has 0 spiro atoms. The Morgan fingerprint density at radius 3 is 2.50 bits per heavy atom. The van der Waals surface area contributed by atoms with Gasteiger partial charge in [-0.05, 0) is 33.1 Å². The fourth-order valence-corrected chi connectivity index (χ4v) is 1.90. The zero-order valence-corrected chi connectivity index (χ0v) is 9.34. The summed E-state index contributed by atoms with van der Waals surface area (Å²) in [4.78, 5) is 0. The van der Waals surface area contributed by atoms with E-state index in [1.807, 2.05) is 0 Å². The van der Waals surface area contributed by atoms with Crippen LogP contribution in [0, 0.1) is 0 Å². The molecule has 78 valence electrons. The van der Waals surface area contributed by atoms with Crippen LogP contribution in [0.2, 0.25) is 0 Å². The van der Waals surface area contributed by atoms with Crippen LogP contribution in [0.3, 0.4) is 0 Å². The highest BCUT2D eigenvalue weighted by Gasteiger charge is 2.16. The molecule has 0 aromatic carbocycles. The molecule has 1 aliphatic rings. The van der Waals surface area contributed by atoms with Gasteiger partial charge in [0.25, 0.3) is 0 Å². The first-order valence-electron chi connectivity index (χ1n) is 5.29. The summed E-state index contributed by atoms with van der Waals surface area (Å²) in [6, 6.07) is 1.05. The summed E-state index contributed by atoms with van der Waals surface area (Å²) in [7, 11) is 0. The number of hydrogen-bond acceptors (Lipinski definition) is 1. The molecular formula is C13H21N. The van der Waals surface area contributed by atoms with Gasteiger partial charge in [-0.2, -0.15) is 0 Å². The fraction of sp³-hybridized carbons (Fsp3) is 0.538. The third-order valence-corrected chi connectivity index (χ3v) is 2.40. The standard InChI is InChI=1S/C13H21N/c1-10(2)8-12-6-5-7-13(14-12)9-11(3)4/h5-6,12-14H,1,3,7-9H2,2,4H3/t12-,13+/m1/s1. The second-order valence-corrected chi connectivity index (χ2v) is 4.46. The summed E-state index contributed by atoms with van der Waals surface area (Å²) in [5, 5.41) is 3.61. The Labute approximate surface area is 87.6 Å². The Bertz CT molecular complexity index is 250. The third-order valence-electron chi connectivity index (χ3n) is 2.40. The summed E-state index contributed by atoms with van der Waals surface area (Å²) in [6.45, 7) is 12.1. The molecule has 0 fully saturated rings. The Morgan fingerprint density at radius 1 is 1.29 bits per heavy atom. The Hall–Kier alpha value is -0.820. The van der Waals surface area contributed by atoms with Gasteiger partial charge in [-0.25, -0.2) is 0 Å². The maximum Gasteiger partial charge on any atom is 0.0289 e. The van der Waals surface area contributed by atoms with Crippen LogP contribution in [0.4, 0.5) is 0 Å². The fourth-order valence-electron chi connectivity index (χ4n) is 1.90. The van der Waals surface area contributed by atoms with Crippen LogP contribution in [-0.2, 0) is 0 Å². The van der Waals surface area contributed by atoms with E-state index in [9.17, 15) is 0 Å². The van der Waals surface area contributed by atoms with E-state index in [4.69, 9.17) is 0 Å². The van der Waals surface area contributed by atoms with Crippen molar-refractivity contribution in [2.45, 2.75) is 45.2 Å². The highest BCUT2D eigenvalue weighted by Crippen LogP contribution is 2.15. The quantitative estimate of drug-likeness (QED) is 0.673. The average Bonchev–Trinajstić information content (AvgIpc) is 2.01. The van der Waals surface area contributed by atoms with Gasteiger partial charge in [-0.1, -0.05) is 23.3 Å². The Morgan fingerprint density at radius 2 is 1.93 bits per heavy atom.